The molecule has 1 rings (SSSR count). The molecule has 0 fully saturated rings. The van der Waals surface area contributed by atoms with E-state index in [2.05, 4.69) is 4.18 Å². The van der Waals surface area contributed by atoms with Gasteiger partial charge in [-0.3, -0.25) is 0 Å². The Kier molecular flexibility index (Phi) is 7.65. The molecule has 0 saturated heterocycles. The van der Waals surface area contributed by atoms with Crippen molar-refractivity contribution in [3.8, 4) is 5.75 Å². The number of aryl methyl sites for hydroxylation is 2. The molecule has 0 heterocycles. The molecule has 0 aliphatic carbocycles. The van der Waals surface area contributed by atoms with Crippen molar-refractivity contribution in [1.82, 2.24) is 0 Å². The van der Waals surface area contributed by atoms with Gasteiger partial charge < -0.3 is 13.8 Å². The van der Waals surface area contributed by atoms with Crippen LogP contribution in [0.25, 0.3) is 0 Å². The minimum absolute atomic E-state index is 0. The molecule has 1 unspecified atom stereocenters. The maximum atomic E-state index is 11.5. The van der Waals surface area contributed by atoms with Crippen LogP contribution >= 0.6 is 11.6 Å². The Morgan fingerprint density at radius 2 is 1.76 bits per heavy atom. The first kappa shape index (κ1) is 21.1. The van der Waals surface area contributed by atoms with E-state index in [-0.39, 0.29) is 40.9 Å². The van der Waals surface area contributed by atoms with E-state index in [1.807, 2.05) is 0 Å². The predicted molar refractivity (Wildman–Crippen MR) is 70.2 cm³/mol. The topological polar surface area (TPSA) is 121 Å². The van der Waals surface area contributed by atoms with Gasteiger partial charge in [0.15, 0.2) is 0 Å². The van der Waals surface area contributed by atoms with Crippen molar-refractivity contribution in [2.24, 2.45) is 0 Å². The number of alkyl halides is 1. The van der Waals surface area contributed by atoms with Gasteiger partial charge >= 0.3 is 39.7 Å². The molecule has 0 saturated carbocycles. The summed E-state index contributed by atoms with van der Waals surface area (Å²) in [5.41, 5.74) is -1.50. The van der Waals surface area contributed by atoms with E-state index >= 15 is 0 Å². The van der Waals surface area contributed by atoms with Gasteiger partial charge in [0.1, 0.15) is 15.9 Å². The summed E-state index contributed by atoms with van der Waals surface area (Å²) in [6, 6.07) is 2.11. The molecule has 0 radical (unpaired) electrons. The summed E-state index contributed by atoms with van der Waals surface area (Å²) in [6.45, 7) is 2.86. The predicted octanol–water partition coefficient (Wildman–Crippen LogP) is -2.52. The summed E-state index contributed by atoms with van der Waals surface area (Å²) in [6.07, 6.45) is 0. The Labute approximate surface area is 150 Å². The summed E-state index contributed by atoms with van der Waals surface area (Å²) in [5, 5.41) is 9.20. The molecule has 0 bridgehead atoms. The average molecular weight is 367 g/mol. The van der Waals surface area contributed by atoms with Gasteiger partial charge in [-0.15, -0.1) is 11.6 Å². The van der Waals surface area contributed by atoms with Gasteiger partial charge in [-0.1, -0.05) is 6.07 Å². The van der Waals surface area contributed by atoms with Crippen LogP contribution in [0.1, 0.15) is 11.1 Å². The summed E-state index contributed by atoms with van der Waals surface area (Å²) in [5.74, 6) is -0.964. The second-order valence-corrected chi connectivity index (χ2v) is 7.38. The molecule has 0 spiro atoms. The van der Waals surface area contributed by atoms with E-state index in [9.17, 15) is 26.5 Å². The minimum atomic E-state index is -4.77. The number of hydrogen-bond acceptors (Lipinski definition) is 7. The first-order chi connectivity index (χ1) is 8.99. The Hall–Kier alpha value is 0.130. The number of aliphatic hydroxyl groups is 1. The van der Waals surface area contributed by atoms with E-state index in [0.717, 1.165) is 6.07 Å². The number of halogens is 1. The number of hydrogen-bond donors (Lipinski definition) is 1. The zero-order valence-electron chi connectivity index (χ0n) is 11.5. The molecule has 0 amide bonds. The van der Waals surface area contributed by atoms with Gasteiger partial charge in [0.25, 0.3) is 0 Å². The molecular weight excluding hydrogens is 355 g/mol. The minimum Gasteiger partial charge on any atom is -0.744 e. The van der Waals surface area contributed by atoms with Crippen LogP contribution in [0.5, 0.6) is 5.75 Å². The van der Waals surface area contributed by atoms with Crippen molar-refractivity contribution in [2.75, 3.05) is 5.88 Å². The van der Waals surface area contributed by atoms with E-state index in [1.165, 1.54) is 19.9 Å². The maximum Gasteiger partial charge on any atom is 1.00 e. The summed E-state index contributed by atoms with van der Waals surface area (Å²) >= 11 is 5.22. The first-order valence-electron chi connectivity index (χ1n) is 5.23. The van der Waals surface area contributed by atoms with Crippen LogP contribution in [0, 0.1) is 13.8 Å². The summed E-state index contributed by atoms with van der Waals surface area (Å²) in [4.78, 5) is -0.589. The van der Waals surface area contributed by atoms with Crippen molar-refractivity contribution in [2.45, 2.75) is 24.2 Å². The van der Waals surface area contributed by atoms with Crippen molar-refractivity contribution in [3.63, 3.8) is 0 Å². The monoisotopic (exact) mass is 366 g/mol. The number of rotatable bonds is 5. The third-order valence-corrected chi connectivity index (χ3v) is 5.11. The van der Waals surface area contributed by atoms with Crippen molar-refractivity contribution in [1.29, 1.82) is 0 Å². The summed E-state index contributed by atoms with van der Waals surface area (Å²) in [7, 11) is -9.20. The average Bonchev–Trinajstić information content (AvgIpc) is 2.29. The van der Waals surface area contributed by atoms with Crippen LogP contribution in [-0.2, 0) is 20.2 Å². The second-order valence-electron chi connectivity index (χ2n) is 4.02. The van der Waals surface area contributed by atoms with Crippen LogP contribution in [0.15, 0.2) is 17.0 Å². The molecule has 114 valence electrons. The quantitative estimate of drug-likeness (QED) is 0.264. The van der Waals surface area contributed by atoms with Crippen molar-refractivity contribution < 1.29 is 60.2 Å². The Morgan fingerprint density at radius 3 is 2.19 bits per heavy atom. The molecule has 1 N–H and O–H groups in total. The van der Waals surface area contributed by atoms with Gasteiger partial charge in [-0.2, -0.15) is 8.42 Å². The maximum absolute atomic E-state index is 11.5. The third kappa shape index (κ3) is 5.36. The number of aliphatic hydroxyl groups excluding tert-OH is 1. The molecule has 0 aromatic heterocycles. The van der Waals surface area contributed by atoms with Crippen LogP contribution in [0.4, 0.5) is 0 Å². The van der Waals surface area contributed by atoms with E-state index < -0.39 is 36.4 Å². The standard InChI is InChI=1S/C10H13ClO7S2.Na/c1-6-3-7(2)9(19(13,14)15)4-8(6)18-20(16,17)10(12)5-11;/h3-4,10,12H,5H2,1-2H3,(H,13,14,15);/q;+1/p-1. The fourth-order valence-corrected chi connectivity index (χ4v) is 3.29. The third-order valence-electron chi connectivity index (χ3n) is 2.41. The van der Waals surface area contributed by atoms with Gasteiger partial charge in [0.05, 0.1) is 10.8 Å². The Balaban J connectivity index is 0.00000400. The zero-order chi connectivity index (χ0) is 15.7. The molecule has 21 heavy (non-hydrogen) atoms. The smallest absolute Gasteiger partial charge is 0.744 e. The fraction of sp³-hybridized carbons (Fsp3) is 0.400. The molecule has 1 aromatic rings. The molecule has 7 nitrogen and oxygen atoms in total. The van der Waals surface area contributed by atoms with Crippen LogP contribution < -0.4 is 33.7 Å². The molecule has 1 atom stereocenters. The molecule has 11 heteroatoms. The van der Waals surface area contributed by atoms with Gasteiger partial charge in [0, 0.05) is 0 Å². The SMILES string of the molecule is Cc1cc(C)c(S(=O)(=O)[O-])cc1OS(=O)(=O)C(O)CCl.[Na+]. The van der Waals surface area contributed by atoms with E-state index in [1.54, 1.807) is 0 Å². The Morgan fingerprint density at radius 1 is 1.24 bits per heavy atom. The largest absolute Gasteiger partial charge is 1.00 e. The zero-order valence-corrected chi connectivity index (χ0v) is 15.9. The van der Waals surface area contributed by atoms with Crippen LogP contribution in [0.2, 0.25) is 0 Å². The Bertz CT molecular complexity index is 715. The van der Waals surface area contributed by atoms with E-state index in [4.69, 9.17) is 11.6 Å². The second kappa shape index (κ2) is 7.60. The van der Waals surface area contributed by atoms with Crippen molar-refractivity contribution >= 4 is 31.8 Å². The van der Waals surface area contributed by atoms with Gasteiger partial charge in [-0.05, 0) is 31.0 Å². The fourth-order valence-electron chi connectivity index (χ4n) is 1.43. The molecular formula is C10H12ClNaO7S2. The normalized spacial score (nSPS) is 13.4. The van der Waals surface area contributed by atoms with Crippen molar-refractivity contribution in [3.05, 3.63) is 23.3 Å². The van der Waals surface area contributed by atoms with Gasteiger partial charge in [0.2, 0.25) is 5.44 Å². The first-order valence-corrected chi connectivity index (χ1v) is 8.65. The van der Waals surface area contributed by atoms with Crippen LogP contribution in [0.3, 0.4) is 0 Å². The molecule has 1 aromatic carbocycles. The molecule has 0 aliphatic heterocycles. The summed E-state index contributed by atoms with van der Waals surface area (Å²) < 4.78 is 60.8. The van der Waals surface area contributed by atoms with Crippen LogP contribution in [-0.4, -0.2) is 37.8 Å². The molecule has 0 aliphatic rings. The van der Waals surface area contributed by atoms with Gasteiger partial charge in [-0.25, -0.2) is 8.42 Å². The van der Waals surface area contributed by atoms with E-state index in [0.29, 0.717) is 5.56 Å². The number of benzene rings is 1.